The quantitative estimate of drug-likeness (QED) is 0.747. The van der Waals surface area contributed by atoms with Crippen LogP contribution in [0.15, 0.2) is 48.5 Å². The summed E-state index contributed by atoms with van der Waals surface area (Å²) in [7, 11) is 0. The number of ether oxygens (including phenoxy) is 3. The summed E-state index contributed by atoms with van der Waals surface area (Å²) in [5, 5.41) is 2.92. The monoisotopic (exact) mass is 341 g/mol. The Morgan fingerprint density at radius 2 is 1.96 bits per heavy atom. The van der Waals surface area contributed by atoms with E-state index in [0.29, 0.717) is 31.1 Å². The molecule has 0 aliphatic carbocycles. The van der Waals surface area contributed by atoms with Gasteiger partial charge in [-0.1, -0.05) is 37.3 Å². The molecule has 2 aromatic rings. The molecule has 5 heteroatoms. The number of amides is 1. The second kappa shape index (κ2) is 8.42. The fraction of sp³-hybridized carbons (Fsp3) is 0.350. The zero-order valence-electron chi connectivity index (χ0n) is 14.4. The molecule has 0 saturated heterocycles. The van der Waals surface area contributed by atoms with E-state index in [1.807, 2.05) is 30.3 Å². The van der Waals surface area contributed by atoms with Gasteiger partial charge >= 0.3 is 0 Å². The Morgan fingerprint density at radius 1 is 1.16 bits per heavy atom. The third-order valence-electron chi connectivity index (χ3n) is 4.23. The molecule has 1 heterocycles. The van der Waals surface area contributed by atoms with Crippen LogP contribution in [0.4, 0.5) is 0 Å². The molecule has 1 amide bonds. The van der Waals surface area contributed by atoms with Gasteiger partial charge in [-0.3, -0.25) is 4.79 Å². The Bertz CT molecular complexity index is 702. The highest BCUT2D eigenvalue weighted by atomic mass is 16.7. The molecule has 0 aromatic heterocycles. The van der Waals surface area contributed by atoms with Crippen LogP contribution in [0.5, 0.6) is 17.2 Å². The Kier molecular flexibility index (Phi) is 5.77. The lowest BCUT2D eigenvalue weighted by Gasteiger charge is -2.15. The molecule has 0 spiro atoms. The van der Waals surface area contributed by atoms with Crippen molar-refractivity contribution in [2.24, 2.45) is 0 Å². The Balaban J connectivity index is 1.40. The van der Waals surface area contributed by atoms with Crippen molar-refractivity contribution in [3.63, 3.8) is 0 Å². The maximum Gasteiger partial charge on any atom is 0.231 e. The van der Waals surface area contributed by atoms with E-state index in [1.54, 1.807) is 6.07 Å². The van der Waals surface area contributed by atoms with Crippen LogP contribution in [0, 0.1) is 0 Å². The van der Waals surface area contributed by atoms with Crippen LogP contribution < -0.4 is 19.5 Å². The molecule has 0 fully saturated rings. The van der Waals surface area contributed by atoms with E-state index in [1.165, 1.54) is 5.56 Å². The summed E-state index contributed by atoms with van der Waals surface area (Å²) < 4.78 is 16.2. The molecule has 25 heavy (non-hydrogen) atoms. The number of hydrogen-bond acceptors (Lipinski definition) is 4. The normalized spacial score (nSPS) is 13.3. The number of nitrogens with one attached hydrogen (secondary N) is 1. The highest BCUT2D eigenvalue weighted by Crippen LogP contribution is 2.35. The van der Waals surface area contributed by atoms with Gasteiger partial charge in [-0.2, -0.15) is 0 Å². The molecule has 5 nitrogen and oxygen atoms in total. The SMILES string of the molecule is CCC(CC(=O)NCCOc1ccc2c(c1)OCO2)c1ccccc1. The molecular weight excluding hydrogens is 318 g/mol. The van der Waals surface area contributed by atoms with Crippen molar-refractivity contribution in [3.05, 3.63) is 54.1 Å². The average molecular weight is 341 g/mol. The van der Waals surface area contributed by atoms with Gasteiger partial charge in [0.1, 0.15) is 12.4 Å². The molecule has 1 aliphatic heterocycles. The van der Waals surface area contributed by atoms with Crippen LogP contribution in [-0.2, 0) is 4.79 Å². The van der Waals surface area contributed by atoms with Crippen molar-refractivity contribution in [1.82, 2.24) is 5.32 Å². The zero-order chi connectivity index (χ0) is 17.5. The molecular formula is C20H23NO4. The summed E-state index contributed by atoms with van der Waals surface area (Å²) in [5.41, 5.74) is 1.21. The molecule has 0 bridgehead atoms. The number of hydrogen-bond donors (Lipinski definition) is 1. The molecule has 0 saturated carbocycles. The topological polar surface area (TPSA) is 56.8 Å². The minimum absolute atomic E-state index is 0.0463. The van der Waals surface area contributed by atoms with Gasteiger partial charge in [0.2, 0.25) is 12.7 Å². The molecule has 1 aliphatic rings. The van der Waals surface area contributed by atoms with Crippen LogP contribution in [0.2, 0.25) is 0 Å². The molecule has 1 N–H and O–H groups in total. The van der Waals surface area contributed by atoms with Crippen molar-refractivity contribution in [1.29, 1.82) is 0 Å². The second-order valence-electron chi connectivity index (χ2n) is 5.93. The minimum atomic E-state index is 0.0463. The molecule has 1 unspecified atom stereocenters. The van der Waals surface area contributed by atoms with Crippen molar-refractivity contribution < 1.29 is 19.0 Å². The lowest BCUT2D eigenvalue weighted by molar-refractivity contribution is -0.121. The molecule has 2 aromatic carbocycles. The van der Waals surface area contributed by atoms with Crippen molar-refractivity contribution in [2.45, 2.75) is 25.7 Å². The van der Waals surface area contributed by atoms with E-state index in [4.69, 9.17) is 14.2 Å². The maximum atomic E-state index is 12.1. The molecule has 1 atom stereocenters. The summed E-state index contributed by atoms with van der Waals surface area (Å²) in [6.45, 7) is 3.23. The van der Waals surface area contributed by atoms with Gasteiger partial charge in [0.25, 0.3) is 0 Å². The van der Waals surface area contributed by atoms with Crippen molar-refractivity contribution in [2.75, 3.05) is 19.9 Å². The largest absolute Gasteiger partial charge is 0.492 e. The number of benzene rings is 2. The Hall–Kier alpha value is -2.69. The van der Waals surface area contributed by atoms with Crippen LogP contribution in [0.3, 0.4) is 0 Å². The predicted octanol–water partition coefficient (Wildman–Crippen LogP) is 3.49. The summed E-state index contributed by atoms with van der Waals surface area (Å²) in [5.74, 6) is 2.41. The van der Waals surface area contributed by atoms with E-state index < -0.39 is 0 Å². The van der Waals surface area contributed by atoms with Gasteiger partial charge in [-0.15, -0.1) is 0 Å². The Labute approximate surface area is 147 Å². The van der Waals surface area contributed by atoms with E-state index in [9.17, 15) is 4.79 Å². The highest BCUT2D eigenvalue weighted by Gasteiger charge is 2.15. The fourth-order valence-corrected chi connectivity index (χ4v) is 2.85. The molecule has 3 rings (SSSR count). The predicted molar refractivity (Wildman–Crippen MR) is 95.2 cm³/mol. The summed E-state index contributed by atoms with van der Waals surface area (Å²) in [6.07, 6.45) is 1.43. The molecule has 0 radical (unpaired) electrons. The third kappa shape index (κ3) is 4.66. The van der Waals surface area contributed by atoms with Crippen molar-refractivity contribution >= 4 is 5.91 Å². The zero-order valence-corrected chi connectivity index (χ0v) is 14.4. The third-order valence-corrected chi connectivity index (χ3v) is 4.23. The van der Waals surface area contributed by atoms with Gasteiger partial charge in [-0.25, -0.2) is 0 Å². The Morgan fingerprint density at radius 3 is 2.76 bits per heavy atom. The van der Waals surface area contributed by atoms with Gasteiger partial charge < -0.3 is 19.5 Å². The van der Waals surface area contributed by atoms with Crippen molar-refractivity contribution in [3.8, 4) is 17.2 Å². The summed E-state index contributed by atoms with van der Waals surface area (Å²) in [4.78, 5) is 12.1. The number of fused-ring (bicyclic) bond motifs is 1. The fourth-order valence-electron chi connectivity index (χ4n) is 2.85. The minimum Gasteiger partial charge on any atom is -0.492 e. The van der Waals surface area contributed by atoms with E-state index >= 15 is 0 Å². The first-order chi connectivity index (χ1) is 12.3. The number of carbonyl (C=O) groups excluding carboxylic acids is 1. The van der Waals surface area contributed by atoms with Crippen LogP contribution >= 0.6 is 0 Å². The van der Waals surface area contributed by atoms with Crippen LogP contribution in [0.25, 0.3) is 0 Å². The van der Waals surface area contributed by atoms with Crippen LogP contribution in [-0.4, -0.2) is 25.9 Å². The number of carbonyl (C=O) groups is 1. The first-order valence-corrected chi connectivity index (χ1v) is 8.60. The summed E-state index contributed by atoms with van der Waals surface area (Å²) >= 11 is 0. The first kappa shape index (κ1) is 17.1. The lowest BCUT2D eigenvalue weighted by atomic mass is 9.93. The summed E-state index contributed by atoms with van der Waals surface area (Å²) in [6, 6.07) is 15.6. The van der Waals surface area contributed by atoms with Gasteiger partial charge in [0.15, 0.2) is 11.5 Å². The number of rotatable bonds is 8. The van der Waals surface area contributed by atoms with E-state index in [-0.39, 0.29) is 18.6 Å². The smallest absolute Gasteiger partial charge is 0.231 e. The van der Waals surface area contributed by atoms with E-state index in [0.717, 1.165) is 12.2 Å². The van der Waals surface area contributed by atoms with Gasteiger partial charge in [-0.05, 0) is 30.0 Å². The maximum absolute atomic E-state index is 12.1. The van der Waals surface area contributed by atoms with E-state index in [2.05, 4.69) is 24.4 Å². The standard InChI is InChI=1S/C20H23NO4/c1-2-15(16-6-4-3-5-7-16)12-20(22)21-10-11-23-17-8-9-18-19(13-17)25-14-24-18/h3-9,13,15H,2,10-12,14H2,1H3,(H,21,22). The molecule has 132 valence electrons. The van der Waals surface area contributed by atoms with Crippen LogP contribution in [0.1, 0.15) is 31.2 Å². The first-order valence-electron chi connectivity index (χ1n) is 8.60. The highest BCUT2D eigenvalue weighted by molar-refractivity contribution is 5.76. The average Bonchev–Trinajstić information content (AvgIpc) is 3.12. The van der Waals surface area contributed by atoms with Gasteiger partial charge in [0, 0.05) is 12.5 Å². The van der Waals surface area contributed by atoms with Gasteiger partial charge in [0.05, 0.1) is 6.54 Å². The second-order valence-corrected chi connectivity index (χ2v) is 5.93. The lowest BCUT2D eigenvalue weighted by Crippen LogP contribution is -2.29.